The van der Waals surface area contributed by atoms with Crippen LogP contribution in [0.2, 0.25) is 0 Å². The average Bonchev–Trinajstić information content (AvgIpc) is 1.85. The normalized spacial score (nSPS) is 14.6. The van der Waals surface area contributed by atoms with Gasteiger partial charge in [0.2, 0.25) is 0 Å². The molecule has 1 atom stereocenters. The van der Waals surface area contributed by atoms with Gasteiger partial charge in [-0.15, -0.1) is 0 Å². The van der Waals surface area contributed by atoms with Gasteiger partial charge in [-0.05, 0) is 19.8 Å². The molecule has 0 bridgehead atoms. The first-order chi connectivity index (χ1) is 4.31. The summed E-state index contributed by atoms with van der Waals surface area (Å²) in [4.78, 5) is 0. The zero-order valence-corrected chi connectivity index (χ0v) is 6.43. The Morgan fingerprint density at radius 1 is 1.56 bits per heavy atom. The van der Waals surface area contributed by atoms with Gasteiger partial charge < -0.3 is 5.73 Å². The molecule has 0 aliphatic rings. The van der Waals surface area contributed by atoms with Gasteiger partial charge in [0.15, 0.2) is 0 Å². The van der Waals surface area contributed by atoms with E-state index in [1.807, 2.05) is 6.92 Å². The summed E-state index contributed by atoms with van der Waals surface area (Å²) >= 11 is 0. The monoisotopic (exact) mass is 127 g/mol. The Labute approximate surface area is 57.9 Å². The van der Waals surface area contributed by atoms with E-state index in [9.17, 15) is 0 Å². The molecule has 0 saturated carbocycles. The third-order valence-electron chi connectivity index (χ3n) is 1.33. The van der Waals surface area contributed by atoms with E-state index < -0.39 is 0 Å². The van der Waals surface area contributed by atoms with Gasteiger partial charge in [0.1, 0.15) is 0 Å². The largest absolute Gasteiger partial charge is 0.327 e. The lowest BCUT2D eigenvalue weighted by molar-refractivity contribution is 0.610. The van der Waals surface area contributed by atoms with E-state index in [4.69, 9.17) is 5.73 Å². The molecule has 0 spiro atoms. The molecule has 0 heterocycles. The SMILES string of the molecule is C/C=C\CC(N)CCC. The lowest BCUT2D eigenvalue weighted by Crippen LogP contribution is -2.17. The third-order valence-corrected chi connectivity index (χ3v) is 1.33. The molecule has 0 fully saturated rings. The molecule has 0 rings (SSSR count). The van der Waals surface area contributed by atoms with Gasteiger partial charge in [-0.25, -0.2) is 0 Å². The fourth-order valence-electron chi connectivity index (χ4n) is 0.800. The first kappa shape index (κ1) is 8.70. The summed E-state index contributed by atoms with van der Waals surface area (Å²) in [6.07, 6.45) is 7.54. The second-order valence-electron chi connectivity index (χ2n) is 2.35. The van der Waals surface area contributed by atoms with E-state index in [1.54, 1.807) is 0 Å². The second-order valence-corrected chi connectivity index (χ2v) is 2.35. The summed E-state index contributed by atoms with van der Waals surface area (Å²) < 4.78 is 0. The first-order valence-electron chi connectivity index (χ1n) is 3.68. The van der Waals surface area contributed by atoms with Crippen molar-refractivity contribution in [3.05, 3.63) is 12.2 Å². The van der Waals surface area contributed by atoms with Crippen molar-refractivity contribution in [1.29, 1.82) is 0 Å². The van der Waals surface area contributed by atoms with Gasteiger partial charge in [-0.1, -0.05) is 25.5 Å². The van der Waals surface area contributed by atoms with Gasteiger partial charge >= 0.3 is 0 Å². The maximum Gasteiger partial charge on any atom is 0.00733 e. The smallest absolute Gasteiger partial charge is 0.00733 e. The standard InChI is InChI=1S/C8H17N/c1-3-5-7-8(9)6-4-2/h3,5,8H,4,6-7,9H2,1-2H3/b5-3-. The van der Waals surface area contributed by atoms with Crippen molar-refractivity contribution in [2.24, 2.45) is 5.73 Å². The highest BCUT2D eigenvalue weighted by Gasteiger charge is 1.94. The van der Waals surface area contributed by atoms with Gasteiger partial charge in [0.25, 0.3) is 0 Å². The minimum absolute atomic E-state index is 0.381. The topological polar surface area (TPSA) is 26.0 Å². The Hall–Kier alpha value is -0.300. The lowest BCUT2D eigenvalue weighted by Gasteiger charge is -2.04. The number of nitrogens with two attached hydrogens (primary N) is 1. The summed E-state index contributed by atoms with van der Waals surface area (Å²) in [5.41, 5.74) is 5.72. The maximum atomic E-state index is 5.72. The average molecular weight is 127 g/mol. The maximum absolute atomic E-state index is 5.72. The minimum atomic E-state index is 0.381. The van der Waals surface area contributed by atoms with Crippen molar-refractivity contribution in [1.82, 2.24) is 0 Å². The summed E-state index contributed by atoms with van der Waals surface area (Å²) in [5, 5.41) is 0. The highest BCUT2D eigenvalue weighted by Crippen LogP contribution is 1.98. The van der Waals surface area contributed by atoms with E-state index in [2.05, 4.69) is 19.1 Å². The van der Waals surface area contributed by atoms with Crippen LogP contribution in [0.15, 0.2) is 12.2 Å². The number of hydrogen-bond donors (Lipinski definition) is 1. The molecule has 1 heteroatoms. The number of hydrogen-bond acceptors (Lipinski definition) is 1. The van der Waals surface area contributed by atoms with E-state index in [-0.39, 0.29) is 0 Å². The van der Waals surface area contributed by atoms with Crippen LogP contribution in [0.4, 0.5) is 0 Å². The van der Waals surface area contributed by atoms with Crippen LogP contribution >= 0.6 is 0 Å². The molecule has 54 valence electrons. The van der Waals surface area contributed by atoms with Crippen LogP contribution in [0.1, 0.15) is 33.1 Å². The van der Waals surface area contributed by atoms with Gasteiger partial charge in [-0.3, -0.25) is 0 Å². The van der Waals surface area contributed by atoms with Crippen LogP contribution in [0.3, 0.4) is 0 Å². The molecule has 0 aromatic heterocycles. The molecule has 0 amide bonds. The molecule has 0 radical (unpaired) electrons. The summed E-state index contributed by atoms with van der Waals surface area (Å²) in [5.74, 6) is 0. The van der Waals surface area contributed by atoms with Crippen LogP contribution in [0, 0.1) is 0 Å². The molecule has 0 aliphatic carbocycles. The van der Waals surface area contributed by atoms with Crippen molar-refractivity contribution >= 4 is 0 Å². The van der Waals surface area contributed by atoms with Crippen molar-refractivity contribution in [3.63, 3.8) is 0 Å². The fraction of sp³-hybridized carbons (Fsp3) is 0.750. The van der Waals surface area contributed by atoms with Gasteiger partial charge in [-0.2, -0.15) is 0 Å². The predicted molar refractivity (Wildman–Crippen MR) is 42.3 cm³/mol. The van der Waals surface area contributed by atoms with Crippen LogP contribution in [-0.4, -0.2) is 6.04 Å². The molecule has 9 heavy (non-hydrogen) atoms. The van der Waals surface area contributed by atoms with E-state index in [0.29, 0.717) is 6.04 Å². The summed E-state index contributed by atoms with van der Waals surface area (Å²) in [6.45, 7) is 4.19. The summed E-state index contributed by atoms with van der Waals surface area (Å²) in [6, 6.07) is 0.381. The van der Waals surface area contributed by atoms with Crippen LogP contribution in [0.25, 0.3) is 0 Å². The summed E-state index contributed by atoms with van der Waals surface area (Å²) in [7, 11) is 0. The second kappa shape index (κ2) is 5.83. The van der Waals surface area contributed by atoms with E-state index in [0.717, 1.165) is 12.8 Å². The van der Waals surface area contributed by atoms with Crippen LogP contribution < -0.4 is 5.73 Å². The molecule has 0 aliphatic heterocycles. The van der Waals surface area contributed by atoms with Gasteiger partial charge in [0.05, 0.1) is 0 Å². The number of allylic oxidation sites excluding steroid dienone is 1. The molecule has 2 N–H and O–H groups in total. The zero-order chi connectivity index (χ0) is 7.11. The molecule has 0 saturated heterocycles. The third kappa shape index (κ3) is 5.57. The van der Waals surface area contributed by atoms with E-state index in [1.165, 1.54) is 6.42 Å². The van der Waals surface area contributed by atoms with Gasteiger partial charge in [0, 0.05) is 6.04 Å². The predicted octanol–water partition coefficient (Wildman–Crippen LogP) is 2.08. The van der Waals surface area contributed by atoms with E-state index >= 15 is 0 Å². The Bertz CT molecular complexity index is 76.6. The molecule has 0 aromatic rings. The molecule has 0 aromatic carbocycles. The molecule has 1 nitrogen and oxygen atoms in total. The Morgan fingerprint density at radius 3 is 2.67 bits per heavy atom. The van der Waals surface area contributed by atoms with Crippen LogP contribution in [-0.2, 0) is 0 Å². The quantitative estimate of drug-likeness (QED) is 0.575. The lowest BCUT2D eigenvalue weighted by atomic mass is 10.1. The Kier molecular flexibility index (Phi) is 5.64. The highest BCUT2D eigenvalue weighted by molar-refractivity contribution is 4.81. The van der Waals surface area contributed by atoms with Crippen LogP contribution in [0.5, 0.6) is 0 Å². The Morgan fingerprint density at radius 2 is 2.22 bits per heavy atom. The van der Waals surface area contributed by atoms with Crippen molar-refractivity contribution in [3.8, 4) is 0 Å². The highest BCUT2D eigenvalue weighted by atomic mass is 14.6. The van der Waals surface area contributed by atoms with Crippen molar-refractivity contribution in [2.45, 2.75) is 39.2 Å². The van der Waals surface area contributed by atoms with Crippen molar-refractivity contribution < 1.29 is 0 Å². The molecular weight excluding hydrogens is 110 g/mol. The first-order valence-corrected chi connectivity index (χ1v) is 3.68. The Balaban J connectivity index is 3.15. The fourth-order valence-corrected chi connectivity index (χ4v) is 0.800. The molecule has 1 unspecified atom stereocenters. The minimum Gasteiger partial charge on any atom is -0.327 e. The molecular formula is C8H17N. The number of rotatable bonds is 4. The zero-order valence-electron chi connectivity index (χ0n) is 6.43. The van der Waals surface area contributed by atoms with Crippen molar-refractivity contribution in [2.75, 3.05) is 0 Å².